The highest BCUT2D eigenvalue weighted by atomic mass is 19.1. The number of nitrogens with two attached hydrogens (primary N) is 2. The molecule has 0 radical (unpaired) electrons. The molecule has 1 aromatic carbocycles. The lowest BCUT2D eigenvalue weighted by atomic mass is 9.84. The van der Waals surface area contributed by atoms with E-state index in [0.29, 0.717) is 67.7 Å². The molecular weight excluding hydrogens is 497 g/mol. The number of benzene rings is 1. The number of anilines is 1. The summed E-state index contributed by atoms with van der Waals surface area (Å²) in [7, 11) is 0. The third-order valence-electron chi connectivity index (χ3n) is 8.13. The molecule has 4 rings (SSSR count). The minimum Gasteiger partial charge on any atom is -0.490 e. The van der Waals surface area contributed by atoms with Crippen LogP contribution in [0.3, 0.4) is 0 Å². The lowest BCUT2D eigenvalue weighted by molar-refractivity contribution is 0.149. The van der Waals surface area contributed by atoms with Gasteiger partial charge < -0.3 is 26.0 Å². The number of hydrogen-bond acceptors (Lipinski definition) is 6. The van der Waals surface area contributed by atoms with Gasteiger partial charge in [-0.15, -0.1) is 0 Å². The van der Waals surface area contributed by atoms with Gasteiger partial charge in [0.2, 0.25) is 5.95 Å². The number of amides is 2. The molecule has 39 heavy (non-hydrogen) atoms. The fourth-order valence-corrected chi connectivity index (χ4v) is 5.44. The van der Waals surface area contributed by atoms with Crippen molar-refractivity contribution in [2.45, 2.75) is 58.4 Å². The molecule has 0 unspecified atom stereocenters. The lowest BCUT2D eigenvalue weighted by Crippen LogP contribution is -2.48. The number of ether oxygens (including phenoxy) is 1. The first kappa shape index (κ1) is 28.7. The molecule has 212 valence electrons. The number of hydrogen-bond donors (Lipinski definition) is 2. The zero-order chi connectivity index (χ0) is 27.9. The van der Waals surface area contributed by atoms with Gasteiger partial charge in [-0.3, -0.25) is 0 Å². The van der Waals surface area contributed by atoms with Crippen LogP contribution in [-0.4, -0.2) is 65.6 Å². The van der Waals surface area contributed by atoms with Crippen LogP contribution in [0.25, 0.3) is 0 Å². The largest absolute Gasteiger partial charge is 0.490 e. The average molecular weight is 540 g/mol. The zero-order valence-corrected chi connectivity index (χ0v) is 23.3. The average Bonchev–Trinajstić information content (AvgIpc) is 2.94. The number of aliphatic imine (C=N–C) groups is 1. The van der Waals surface area contributed by atoms with Crippen molar-refractivity contribution < 1.29 is 13.9 Å². The van der Waals surface area contributed by atoms with Crippen molar-refractivity contribution >= 4 is 17.8 Å². The molecule has 0 aliphatic carbocycles. The van der Waals surface area contributed by atoms with Crippen LogP contribution >= 0.6 is 0 Å². The van der Waals surface area contributed by atoms with Crippen LogP contribution in [0.5, 0.6) is 5.75 Å². The number of nitrogens with zero attached hydrogens (tertiary/aromatic N) is 5. The minimum absolute atomic E-state index is 0.0167. The number of rotatable bonds is 8. The van der Waals surface area contributed by atoms with Crippen molar-refractivity contribution in [2.24, 2.45) is 34.2 Å². The van der Waals surface area contributed by atoms with Gasteiger partial charge in [-0.1, -0.05) is 39.0 Å². The van der Waals surface area contributed by atoms with E-state index in [9.17, 15) is 9.18 Å². The van der Waals surface area contributed by atoms with Crippen molar-refractivity contribution in [3.05, 3.63) is 48.0 Å². The Kier molecular flexibility index (Phi) is 9.72. The Morgan fingerprint density at radius 2 is 1.82 bits per heavy atom. The maximum absolute atomic E-state index is 14.2. The summed E-state index contributed by atoms with van der Waals surface area (Å²) in [5.41, 5.74) is 13.0. The van der Waals surface area contributed by atoms with Crippen LogP contribution in [0.2, 0.25) is 0 Å². The van der Waals surface area contributed by atoms with Gasteiger partial charge in [-0.2, -0.15) is 4.99 Å². The molecule has 0 spiro atoms. The summed E-state index contributed by atoms with van der Waals surface area (Å²) in [5.74, 6) is 2.50. The fraction of sp³-hybridized carbons (Fsp3) is 0.586. The topological polar surface area (TPSA) is 123 Å². The van der Waals surface area contributed by atoms with E-state index >= 15 is 0 Å². The second-order valence-electron chi connectivity index (χ2n) is 11.2. The van der Waals surface area contributed by atoms with E-state index in [1.807, 2.05) is 30.9 Å². The van der Waals surface area contributed by atoms with Gasteiger partial charge in [-0.05, 0) is 49.1 Å². The molecule has 3 atom stereocenters. The molecule has 9 nitrogen and oxygen atoms in total. The van der Waals surface area contributed by atoms with Gasteiger partial charge in [0.1, 0.15) is 11.7 Å². The predicted molar refractivity (Wildman–Crippen MR) is 151 cm³/mol. The van der Waals surface area contributed by atoms with Crippen LogP contribution in [0.15, 0.2) is 41.7 Å². The first-order chi connectivity index (χ1) is 18.7. The molecular formula is C29H42FN7O2. The van der Waals surface area contributed by atoms with E-state index in [2.05, 4.69) is 21.9 Å². The Morgan fingerprint density at radius 3 is 2.46 bits per heavy atom. The highest BCUT2D eigenvalue weighted by molar-refractivity contribution is 5.93. The highest BCUT2D eigenvalue weighted by Crippen LogP contribution is 2.31. The van der Waals surface area contributed by atoms with Gasteiger partial charge in [0.25, 0.3) is 0 Å². The number of aromatic nitrogens is 2. The molecule has 10 heteroatoms. The summed E-state index contributed by atoms with van der Waals surface area (Å²) in [4.78, 5) is 29.2. The van der Waals surface area contributed by atoms with E-state index in [-0.39, 0.29) is 29.7 Å². The smallest absolute Gasteiger partial charge is 0.345 e. The Balaban J connectivity index is 1.19. The molecule has 2 saturated heterocycles. The van der Waals surface area contributed by atoms with Crippen LogP contribution in [-0.2, 0) is 0 Å². The van der Waals surface area contributed by atoms with Crippen molar-refractivity contribution in [1.82, 2.24) is 14.9 Å². The predicted octanol–water partition coefficient (Wildman–Crippen LogP) is 4.19. The Bertz CT molecular complexity index is 1120. The summed E-state index contributed by atoms with van der Waals surface area (Å²) in [6, 6.07) is 6.44. The third-order valence-corrected chi connectivity index (χ3v) is 8.13. The van der Waals surface area contributed by atoms with Crippen LogP contribution in [0.1, 0.15) is 57.9 Å². The number of piperidine rings is 2. The monoisotopic (exact) mass is 539 g/mol. The van der Waals surface area contributed by atoms with Crippen LogP contribution < -0.4 is 21.1 Å². The quantitative estimate of drug-likeness (QED) is 0.381. The number of amidine groups is 1. The van der Waals surface area contributed by atoms with Crippen molar-refractivity contribution in [1.29, 1.82) is 0 Å². The van der Waals surface area contributed by atoms with Crippen molar-refractivity contribution in [2.75, 3.05) is 37.7 Å². The molecule has 1 aromatic heterocycles. The Labute approximate surface area is 230 Å². The molecule has 2 fully saturated rings. The molecule has 2 amide bonds. The Morgan fingerprint density at radius 1 is 1.13 bits per heavy atom. The van der Waals surface area contributed by atoms with Gasteiger partial charge in [-0.25, -0.2) is 19.2 Å². The van der Waals surface area contributed by atoms with Gasteiger partial charge in [0, 0.05) is 44.1 Å². The fourth-order valence-electron chi connectivity index (χ4n) is 5.44. The third kappa shape index (κ3) is 7.44. The van der Waals surface area contributed by atoms with Gasteiger partial charge >= 0.3 is 6.03 Å². The molecule has 2 aromatic rings. The minimum atomic E-state index is -0.226. The van der Waals surface area contributed by atoms with E-state index in [1.54, 1.807) is 23.4 Å². The van der Waals surface area contributed by atoms with E-state index in [1.165, 1.54) is 6.07 Å². The first-order valence-corrected chi connectivity index (χ1v) is 14.1. The lowest BCUT2D eigenvalue weighted by Gasteiger charge is -2.37. The number of halogens is 1. The van der Waals surface area contributed by atoms with Crippen molar-refractivity contribution in [3.8, 4) is 5.75 Å². The standard InChI is InChI=1S/C29H42FN7O2/c1-19(2)27(32)35-29(38)36-12-8-21(9-13-36)20(3)11-15-39-22-16-33-28(34-17-22)37-14-10-24(26(31)18-37)23-6-4-5-7-25(23)30/h4-7,16-17,19-21,24,26H,8-15,18,31H2,1-3H3,(H2,32,35,38)/t20-,24-,26+/m1/s1. The number of carbonyl (C=O) groups is 1. The zero-order valence-electron chi connectivity index (χ0n) is 23.3. The molecule has 0 saturated carbocycles. The number of carbonyl (C=O) groups excluding carboxylic acids is 1. The van der Waals surface area contributed by atoms with E-state index < -0.39 is 0 Å². The second kappa shape index (κ2) is 13.2. The molecule has 0 bridgehead atoms. The van der Waals surface area contributed by atoms with E-state index in [0.717, 1.165) is 25.7 Å². The first-order valence-electron chi connectivity index (χ1n) is 14.1. The summed E-state index contributed by atoms with van der Waals surface area (Å²) >= 11 is 0. The summed E-state index contributed by atoms with van der Waals surface area (Å²) in [5, 5.41) is 0. The molecule has 3 heterocycles. The van der Waals surface area contributed by atoms with Gasteiger partial charge in [0.05, 0.1) is 19.0 Å². The summed E-state index contributed by atoms with van der Waals surface area (Å²) in [6.07, 6.45) is 6.98. The maximum Gasteiger partial charge on any atom is 0.345 e. The van der Waals surface area contributed by atoms with Gasteiger partial charge in [0.15, 0.2) is 5.75 Å². The van der Waals surface area contributed by atoms with Crippen LogP contribution in [0, 0.1) is 23.6 Å². The number of urea groups is 1. The number of likely N-dealkylation sites (tertiary alicyclic amines) is 1. The normalized spacial score (nSPS) is 21.7. The Hall–Kier alpha value is -3.27. The molecule has 4 N–H and O–H groups in total. The van der Waals surface area contributed by atoms with E-state index in [4.69, 9.17) is 16.2 Å². The molecule has 2 aliphatic heterocycles. The van der Waals surface area contributed by atoms with Crippen molar-refractivity contribution in [3.63, 3.8) is 0 Å². The summed E-state index contributed by atoms with van der Waals surface area (Å²) in [6.45, 7) is 9.38. The maximum atomic E-state index is 14.2. The second-order valence-corrected chi connectivity index (χ2v) is 11.2. The molecule has 2 aliphatic rings. The SMILES string of the molecule is CC(C)/C(N)=N/C(=O)N1CCC([C@H](C)CCOc2cnc(N3CC[C@H](c4ccccc4F)[C@@H](N)C3)nc2)CC1. The van der Waals surface area contributed by atoms with Crippen LogP contribution in [0.4, 0.5) is 15.1 Å². The highest BCUT2D eigenvalue weighted by Gasteiger charge is 2.30. The summed E-state index contributed by atoms with van der Waals surface area (Å²) < 4.78 is 20.2.